The van der Waals surface area contributed by atoms with E-state index in [4.69, 9.17) is 4.74 Å². The quantitative estimate of drug-likeness (QED) is 0.149. The number of ether oxygens (including phenoxy) is 1. The Morgan fingerprint density at radius 1 is 1.05 bits per heavy atom. The zero-order valence-electron chi connectivity index (χ0n) is 23.2. The van der Waals surface area contributed by atoms with E-state index in [9.17, 15) is 19.5 Å². The molecule has 1 amide bonds. The van der Waals surface area contributed by atoms with Crippen molar-refractivity contribution in [2.45, 2.75) is 53.0 Å². The summed E-state index contributed by atoms with van der Waals surface area (Å²) in [6.45, 7) is 11.6. The smallest absolute Gasteiger partial charge is 0.350 e. The number of benzene rings is 1. The van der Waals surface area contributed by atoms with E-state index in [1.807, 2.05) is 30.3 Å². The third-order valence-corrected chi connectivity index (χ3v) is 8.05. The lowest BCUT2D eigenvalue weighted by Gasteiger charge is -2.24. The van der Waals surface area contributed by atoms with Crippen molar-refractivity contribution >= 4 is 45.5 Å². The third kappa shape index (κ3) is 4.48. The van der Waals surface area contributed by atoms with Gasteiger partial charge in [-0.15, -0.1) is 0 Å². The highest BCUT2D eigenvalue weighted by Gasteiger charge is 2.49. The van der Waals surface area contributed by atoms with Crippen LogP contribution in [0.1, 0.15) is 71.6 Å². The van der Waals surface area contributed by atoms with Crippen LogP contribution in [-0.4, -0.2) is 43.7 Å². The van der Waals surface area contributed by atoms with Crippen molar-refractivity contribution in [1.29, 1.82) is 0 Å². The van der Waals surface area contributed by atoms with Crippen LogP contribution in [0.3, 0.4) is 0 Å². The van der Waals surface area contributed by atoms with Gasteiger partial charge in [0.1, 0.15) is 16.2 Å². The minimum absolute atomic E-state index is 0.0761. The van der Waals surface area contributed by atoms with Crippen molar-refractivity contribution in [2.75, 3.05) is 11.5 Å². The van der Waals surface area contributed by atoms with E-state index in [0.717, 1.165) is 16.9 Å². The van der Waals surface area contributed by atoms with Crippen molar-refractivity contribution in [3.63, 3.8) is 0 Å². The average Bonchev–Trinajstić information content (AvgIpc) is 3.54. The highest BCUT2D eigenvalue weighted by atomic mass is 32.1. The van der Waals surface area contributed by atoms with Crippen LogP contribution in [0.2, 0.25) is 0 Å². The highest BCUT2D eigenvalue weighted by Crippen LogP contribution is 2.44. The Morgan fingerprint density at radius 3 is 2.40 bits per heavy atom. The molecule has 206 valence electrons. The lowest BCUT2D eigenvalue weighted by atomic mass is 9.85. The largest absolute Gasteiger partial charge is 0.505 e. The SMILES string of the molecule is CCOC(=O)c1sc(N2C(=O)C(=O)C(=C(O)c3c(C)nc4ccccn34)C2c2ccc(C(C)(C)C)cc2)nc1C. The predicted octanol–water partition coefficient (Wildman–Crippen LogP) is 5.51. The van der Waals surface area contributed by atoms with Crippen molar-refractivity contribution in [3.05, 3.63) is 87.3 Å². The summed E-state index contributed by atoms with van der Waals surface area (Å²) in [5.74, 6) is -2.58. The van der Waals surface area contributed by atoms with Crippen LogP contribution in [0, 0.1) is 13.8 Å². The Labute approximate surface area is 235 Å². The molecule has 0 spiro atoms. The van der Waals surface area contributed by atoms with Crippen LogP contribution < -0.4 is 4.90 Å². The molecule has 1 atom stereocenters. The maximum atomic E-state index is 13.7. The minimum atomic E-state index is -0.983. The number of fused-ring (bicyclic) bond motifs is 1. The number of carbonyl (C=O) groups is 3. The number of imidazole rings is 1. The second kappa shape index (κ2) is 10.0. The molecule has 0 saturated carbocycles. The van der Waals surface area contributed by atoms with Crippen LogP contribution in [-0.2, 0) is 19.7 Å². The summed E-state index contributed by atoms with van der Waals surface area (Å²) in [6, 6.07) is 12.0. The normalized spacial score (nSPS) is 17.1. The van der Waals surface area contributed by atoms with Gasteiger partial charge in [0, 0.05) is 6.20 Å². The summed E-state index contributed by atoms with van der Waals surface area (Å²) in [4.78, 5) is 50.3. The molecule has 9 nitrogen and oxygen atoms in total. The molecule has 40 heavy (non-hydrogen) atoms. The van der Waals surface area contributed by atoms with E-state index in [0.29, 0.717) is 28.3 Å². The van der Waals surface area contributed by atoms with E-state index < -0.39 is 23.7 Å². The first-order chi connectivity index (χ1) is 18.9. The molecule has 1 unspecified atom stereocenters. The molecule has 0 radical (unpaired) electrons. The molecule has 1 aliphatic heterocycles. The van der Waals surface area contributed by atoms with Crippen molar-refractivity contribution < 1.29 is 24.2 Å². The summed E-state index contributed by atoms with van der Waals surface area (Å²) in [6.07, 6.45) is 1.74. The van der Waals surface area contributed by atoms with Gasteiger partial charge in [0.05, 0.1) is 29.6 Å². The van der Waals surface area contributed by atoms with E-state index in [1.165, 1.54) is 4.90 Å². The molecular weight excluding hydrogens is 528 g/mol. The molecule has 4 heterocycles. The first-order valence-electron chi connectivity index (χ1n) is 12.9. The van der Waals surface area contributed by atoms with Crippen LogP contribution >= 0.6 is 11.3 Å². The van der Waals surface area contributed by atoms with Gasteiger partial charge in [0.25, 0.3) is 5.78 Å². The molecule has 10 heteroatoms. The summed E-state index contributed by atoms with van der Waals surface area (Å²) in [7, 11) is 0. The summed E-state index contributed by atoms with van der Waals surface area (Å²) in [5, 5.41) is 11.9. The van der Waals surface area contributed by atoms with Crippen LogP contribution in [0.25, 0.3) is 11.4 Å². The van der Waals surface area contributed by atoms with Crippen molar-refractivity contribution in [2.24, 2.45) is 0 Å². The minimum Gasteiger partial charge on any atom is -0.505 e. The molecule has 0 bridgehead atoms. The molecule has 1 N–H and O–H groups in total. The summed E-state index contributed by atoms with van der Waals surface area (Å²) >= 11 is 0.979. The number of pyridine rings is 1. The fourth-order valence-corrected chi connectivity index (χ4v) is 5.90. The van der Waals surface area contributed by atoms with E-state index in [-0.39, 0.29) is 33.4 Å². The van der Waals surface area contributed by atoms with Crippen molar-refractivity contribution in [3.8, 4) is 0 Å². The number of aryl methyl sites for hydroxylation is 2. The fourth-order valence-electron chi connectivity index (χ4n) is 4.91. The Balaban J connectivity index is 1.74. The van der Waals surface area contributed by atoms with Gasteiger partial charge in [-0.05, 0) is 49.4 Å². The lowest BCUT2D eigenvalue weighted by molar-refractivity contribution is -0.132. The Morgan fingerprint density at radius 2 is 1.75 bits per heavy atom. The number of amides is 1. The molecule has 5 rings (SSSR count). The molecule has 0 aliphatic carbocycles. The Hall–Kier alpha value is -4.31. The van der Waals surface area contributed by atoms with Gasteiger partial charge in [-0.3, -0.25) is 18.9 Å². The number of aliphatic hydroxyl groups excluding tert-OH is 1. The van der Waals surface area contributed by atoms with E-state index in [2.05, 4.69) is 30.7 Å². The second-order valence-electron chi connectivity index (χ2n) is 10.6. The number of anilines is 1. The van der Waals surface area contributed by atoms with E-state index >= 15 is 0 Å². The third-order valence-electron chi connectivity index (χ3n) is 6.92. The topological polar surface area (TPSA) is 114 Å². The molecular formula is C30H30N4O5S. The summed E-state index contributed by atoms with van der Waals surface area (Å²) in [5.41, 5.74) is 3.31. The summed E-state index contributed by atoms with van der Waals surface area (Å²) < 4.78 is 6.84. The first-order valence-corrected chi connectivity index (χ1v) is 13.8. The zero-order chi connectivity index (χ0) is 28.9. The number of ketones is 1. The lowest BCUT2D eigenvalue weighted by Crippen LogP contribution is -2.29. The Bertz CT molecular complexity index is 1690. The molecule has 1 saturated heterocycles. The van der Waals surface area contributed by atoms with Gasteiger partial charge in [-0.1, -0.05) is 62.4 Å². The number of thiazole rings is 1. The number of hydrogen-bond acceptors (Lipinski definition) is 8. The maximum absolute atomic E-state index is 13.7. The fraction of sp³-hybridized carbons (Fsp3) is 0.300. The molecule has 1 aliphatic rings. The van der Waals surface area contributed by atoms with Gasteiger partial charge in [0.15, 0.2) is 10.9 Å². The van der Waals surface area contributed by atoms with Crippen LogP contribution in [0.4, 0.5) is 5.13 Å². The standard InChI is InChI=1S/C30H30N4O5S/c1-7-39-28(38)26-17(3)32-29(40-26)34-23(18-11-13-19(14-12-18)30(4,5)6)21(25(36)27(34)37)24(35)22-16(2)31-20-10-8-9-15-33(20)22/h8-15,23,35H,7H2,1-6H3. The van der Waals surface area contributed by atoms with E-state index in [1.54, 1.807) is 43.5 Å². The number of esters is 1. The predicted molar refractivity (Wildman–Crippen MR) is 153 cm³/mol. The van der Waals surface area contributed by atoms with Gasteiger partial charge < -0.3 is 9.84 Å². The van der Waals surface area contributed by atoms with Gasteiger partial charge >= 0.3 is 11.9 Å². The highest BCUT2D eigenvalue weighted by molar-refractivity contribution is 7.17. The molecule has 3 aromatic heterocycles. The monoisotopic (exact) mass is 558 g/mol. The zero-order valence-corrected chi connectivity index (χ0v) is 24.0. The van der Waals surface area contributed by atoms with Gasteiger partial charge in [-0.2, -0.15) is 0 Å². The second-order valence-corrected chi connectivity index (χ2v) is 11.6. The number of aromatic nitrogens is 3. The average molecular weight is 559 g/mol. The van der Waals surface area contributed by atoms with Gasteiger partial charge in [-0.25, -0.2) is 14.8 Å². The molecule has 1 fully saturated rings. The van der Waals surface area contributed by atoms with Crippen LogP contribution in [0.15, 0.2) is 54.2 Å². The Kier molecular flexibility index (Phi) is 6.83. The number of carbonyl (C=O) groups excluding carboxylic acids is 3. The molecule has 4 aromatic rings. The van der Waals surface area contributed by atoms with Crippen molar-refractivity contribution in [1.82, 2.24) is 14.4 Å². The first kappa shape index (κ1) is 27.3. The molecule has 1 aromatic carbocycles. The maximum Gasteiger partial charge on any atom is 0.350 e. The number of Topliss-reactive ketones (excluding diaryl/α,β-unsaturated/α-hetero) is 1. The number of hydrogen-bond donors (Lipinski definition) is 1. The number of aliphatic hydroxyl groups is 1. The number of rotatable bonds is 5. The van der Waals surface area contributed by atoms with Crippen LogP contribution in [0.5, 0.6) is 0 Å². The van der Waals surface area contributed by atoms with Gasteiger partial charge in [0.2, 0.25) is 0 Å². The number of nitrogens with zero attached hydrogens (tertiary/aromatic N) is 4.